The van der Waals surface area contributed by atoms with Crippen molar-refractivity contribution in [2.75, 3.05) is 27.3 Å². The Bertz CT molecular complexity index is 548. The van der Waals surface area contributed by atoms with Gasteiger partial charge in [-0.25, -0.2) is 4.98 Å². The summed E-state index contributed by atoms with van der Waals surface area (Å²) in [5.41, 5.74) is 0.332. The molecule has 0 radical (unpaired) electrons. The zero-order valence-corrected chi connectivity index (χ0v) is 18.5. The predicted molar refractivity (Wildman–Crippen MR) is 112 cm³/mol. The number of oxazole rings is 1. The SMILES string of the molecule is CN=C(NCc1ncc(C(C)(C)C)o1)NCC1(CCOC)CCC1.I. The quantitative estimate of drug-likeness (QED) is 0.368. The molecule has 1 aliphatic rings. The van der Waals surface area contributed by atoms with Gasteiger partial charge in [0.1, 0.15) is 5.76 Å². The van der Waals surface area contributed by atoms with Crippen molar-refractivity contribution in [3.63, 3.8) is 0 Å². The first-order chi connectivity index (χ1) is 11.4. The molecule has 1 aromatic heterocycles. The van der Waals surface area contributed by atoms with Gasteiger partial charge in [-0.15, -0.1) is 24.0 Å². The number of hydrogen-bond donors (Lipinski definition) is 2. The number of halogens is 1. The van der Waals surface area contributed by atoms with Crippen molar-refractivity contribution in [1.82, 2.24) is 15.6 Å². The maximum atomic E-state index is 5.80. The molecule has 0 aliphatic heterocycles. The molecule has 0 bridgehead atoms. The molecular formula is C18H33IN4O2. The summed E-state index contributed by atoms with van der Waals surface area (Å²) in [4.78, 5) is 8.63. The maximum Gasteiger partial charge on any atom is 0.213 e. The lowest BCUT2D eigenvalue weighted by atomic mass is 9.67. The molecular weight excluding hydrogens is 431 g/mol. The summed E-state index contributed by atoms with van der Waals surface area (Å²) in [6.45, 7) is 8.62. The van der Waals surface area contributed by atoms with Crippen LogP contribution < -0.4 is 10.6 Å². The Hall–Kier alpha value is -0.830. The van der Waals surface area contributed by atoms with Crippen molar-refractivity contribution in [2.45, 2.75) is 58.4 Å². The van der Waals surface area contributed by atoms with Crippen molar-refractivity contribution in [1.29, 1.82) is 0 Å². The molecule has 7 heteroatoms. The van der Waals surface area contributed by atoms with E-state index in [-0.39, 0.29) is 29.4 Å². The molecule has 0 saturated heterocycles. The third-order valence-electron chi connectivity index (χ3n) is 4.80. The Balaban J connectivity index is 0.00000312. The number of rotatable bonds is 7. The standard InChI is InChI=1S/C18H32N4O2.HI/c1-17(2,3)14-11-20-15(24-14)12-21-16(19-4)22-13-18(7-6-8-18)9-10-23-5;/h11H,6-10,12-13H2,1-5H3,(H2,19,21,22);1H. The smallest absolute Gasteiger partial charge is 0.213 e. The van der Waals surface area contributed by atoms with Gasteiger partial charge in [0.05, 0.1) is 12.7 Å². The van der Waals surface area contributed by atoms with E-state index in [1.165, 1.54) is 19.3 Å². The molecule has 2 rings (SSSR count). The van der Waals surface area contributed by atoms with Crippen molar-refractivity contribution in [2.24, 2.45) is 10.4 Å². The molecule has 0 spiro atoms. The first kappa shape index (κ1) is 22.2. The van der Waals surface area contributed by atoms with Gasteiger partial charge in [-0.05, 0) is 24.7 Å². The summed E-state index contributed by atoms with van der Waals surface area (Å²) in [6, 6.07) is 0. The van der Waals surface area contributed by atoms with E-state index in [0.29, 0.717) is 17.9 Å². The Morgan fingerprint density at radius 3 is 2.56 bits per heavy atom. The molecule has 6 nitrogen and oxygen atoms in total. The number of ether oxygens (including phenoxy) is 1. The van der Waals surface area contributed by atoms with Crippen LogP contribution in [-0.2, 0) is 16.7 Å². The lowest BCUT2D eigenvalue weighted by Crippen LogP contribution is -2.46. The van der Waals surface area contributed by atoms with E-state index >= 15 is 0 Å². The topological polar surface area (TPSA) is 71.7 Å². The molecule has 2 N–H and O–H groups in total. The average molecular weight is 464 g/mol. The van der Waals surface area contributed by atoms with Crippen LogP contribution in [0, 0.1) is 5.41 Å². The number of nitrogens with one attached hydrogen (secondary N) is 2. The van der Waals surface area contributed by atoms with E-state index < -0.39 is 0 Å². The highest BCUT2D eigenvalue weighted by Gasteiger charge is 2.36. The van der Waals surface area contributed by atoms with Gasteiger partial charge in [0, 0.05) is 32.7 Å². The van der Waals surface area contributed by atoms with Gasteiger partial charge in [-0.3, -0.25) is 4.99 Å². The number of guanidine groups is 1. The minimum atomic E-state index is -0.0247. The molecule has 0 unspecified atom stereocenters. The van der Waals surface area contributed by atoms with Crippen LogP contribution in [-0.4, -0.2) is 38.3 Å². The van der Waals surface area contributed by atoms with E-state index in [0.717, 1.165) is 31.3 Å². The zero-order chi connectivity index (χ0) is 17.6. The summed E-state index contributed by atoms with van der Waals surface area (Å²) in [5, 5.41) is 6.72. The molecule has 0 atom stereocenters. The highest BCUT2D eigenvalue weighted by Crippen LogP contribution is 2.43. The van der Waals surface area contributed by atoms with E-state index in [1.54, 1.807) is 20.4 Å². The van der Waals surface area contributed by atoms with Gasteiger partial charge in [0.25, 0.3) is 0 Å². The van der Waals surface area contributed by atoms with Crippen molar-refractivity contribution in [3.8, 4) is 0 Å². The first-order valence-electron chi connectivity index (χ1n) is 8.77. The highest BCUT2D eigenvalue weighted by molar-refractivity contribution is 14.0. The first-order valence-corrected chi connectivity index (χ1v) is 8.77. The Labute approximate surface area is 168 Å². The fourth-order valence-corrected chi connectivity index (χ4v) is 2.90. The third-order valence-corrected chi connectivity index (χ3v) is 4.80. The molecule has 0 aromatic carbocycles. The third kappa shape index (κ3) is 6.44. The monoisotopic (exact) mass is 464 g/mol. The summed E-state index contributed by atoms with van der Waals surface area (Å²) in [7, 11) is 3.55. The number of aromatic nitrogens is 1. The number of hydrogen-bond acceptors (Lipinski definition) is 4. The molecule has 1 saturated carbocycles. The average Bonchev–Trinajstić information content (AvgIpc) is 2.97. The van der Waals surface area contributed by atoms with Gasteiger partial charge in [-0.1, -0.05) is 27.2 Å². The van der Waals surface area contributed by atoms with Crippen molar-refractivity contribution >= 4 is 29.9 Å². The lowest BCUT2D eigenvalue weighted by Gasteiger charge is -2.42. The van der Waals surface area contributed by atoms with Gasteiger partial charge < -0.3 is 19.8 Å². The van der Waals surface area contributed by atoms with E-state index in [1.807, 2.05) is 0 Å². The van der Waals surface area contributed by atoms with Gasteiger partial charge in [-0.2, -0.15) is 0 Å². The van der Waals surface area contributed by atoms with Crippen LogP contribution in [0.4, 0.5) is 0 Å². The van der Waals surface area contributed by atoms with Crippen molar-refractivity contribution in [3.05, 3.63) is 17.8 Å². The van der Waals surface area contributed by atoms with E-state index in [2.05, 4.69) is 41.4 Å². The molecule has 1 aliphatic carbocycles. The number of nitrogens with zero attached hydrogens (tertiary/aromatic N) is 2. The fraction of sp³-hybridized carbons (Fsp3) is 0.778. The lowest BCUT2D eigenvalue weighted by molar-refractivity contribution is 0.0732. The van der Waals surface area contributed by atoms with Crippen LogP contribution in [0.3, 0.4) is 0 Å². The Morgan fingerprint density at radius 2 is 2.08 bits per heavy atom. The number of methoxy groups -OCH3 is 1. The second-order valence-electron chi connectivity index (χ2n) is 7.74. The van der Waals surface area contributed by atoms with Crippen LogP contribution in [0.2, 0.25) is 0 Å². The van der Waals surface area contributed by atoms with Crippen LogP contribution >= 0.6 is 24.0 Å². The highest BCUT2D eigenvalue weighted by atomic mass is 127. The van der Waals surface area contributed by atoms with Gasteiger partial charge in [0.15, 0.2) is 5.96 Å². The van der Waals surface area contributed by atoms with E-state index in [4.69, 9.17) is 9.15 Å². The Kier molecular flexibility index (Phi) is 8.67. The number of aliphatic imine (C=N–C) groups is 1. The largest absolute Gasteiger partial charge is 0.443 e. The summed E-state index contributed by atoms with van der Waals surface area (Å²) in [5.74, 6) is 2.37. The minimum absolute atomic E-state index is 0. The van der Waals surface area contributed by atoms with Crippen LogP contribution in [0.25, 0.3) is 0 Å². The zero-order valence-electron chi connectivity index (χ0n) is 16.1. The molecule has 1 heterocycles. The summed E-state index contributed by atoms with van der Waals surface area (Å²) >= 11 is 0. The predicted octanol–water partition coefficient (Wildman–Crippen LogP) is 3.46. The normalized spacial score (nSPS) is 16.8. The molecule has 0 amide bonds. The van der Waals surface area contributed by atoms with Crippen LogP contribution in [0.1, 0.15) is 58.1 Å². The second kappa shape index (κ2) is 9.75. The van der Waals surface area contributed by atoms with Crippen LogP contribution in [0.5, 0.6) is 0 Å². The molecule has 25 heavy (non-hydrogen) atoms. The second-order valence-corrected chi connectivity index (χ2v) is 7.74. The maximum absolute atomic E-state index is 5.80. The van der Waals surface area contributed by atoms with E-state index in [9.17, 15) is 0 Å². The summed E-state index contributed by atoms with van der Waals surface area (Å²) in [6.07, 6.45) is 6.73. The Morgan fingerprint density at radius 1 is 1.36 bits per heavy atom. The van der Waals surface area contributed by atoms with Crippen molar-refractivity contribution < 1.29 is 9.15 Å². The van der Waals surface area contributed by atoms with Crippen LogP contribution in [0.15, 0.2) is 15.6 Å². The molecule has 1 fully saturated rings. The molecule has 1 aromatic rings. The fourth-order valence-electron chi connectivity index (χ4n) is 2.90. The molecule has 144 valence electrons. The summed E-state index contributed by atoms with van der Waals surface area (Å²) < 4.78 is 11.0. The van der Waals surface area contributed by atoms with Gasteiger partial charge >= 0.3 is 0 Å². The van der Waals surface area contributed by atoms with Gasteiger partial charge in [0.2, 0.25) is 5.89 Å². The minimum Gasteiger partial charge on any atom is -0.443 e.